The Bertz CT molecular complexity index is 1160. The van der Waals surface area contributed by atoms with E-state index in [1.165, 1.54) is 0 Å². The fraction of sp³-hybridized carbons (Fsp3) is 0.795. The van der Waals surface area contributed by atoms with Crippen molar-refractivity contribution in [1.82, 2.24) is 0 Å². The molecule has 1 aromatic rings. The fourth-order valence-electron chi connectivity index (χ4n) is 7.91. The third-order valence-electron chi connectivity index (χ3n) is 12.2. The Balaban J connectivity index is 1.50. The summed E-state index contributed by atoms with van der Waals surface area (Å²) in [6, 6.07) is 10.2. The molecule has 9 atom stereocenters. The summed E-state index contributed by atoms with van der Waals surface area (Å²) in [7, 11) is -0.281. The first-order chi connectivity index (χ1) is 22.0. The molecular weight excluding hydrogens is 609 g/mol. The molecule has 3 aliphatic rings. The second-order valence-electron chi connectivity index (χ2n) is 17.0. The van der Waals surface area contributed by atoms with Crippen LogP contribution in [0.5, 0.6) is 0 Å². The highest BCUT2D eigenvalue weighted by molar-refractivity contribution is 6.74. The lowest BCUT2D eigenvalue weighted by atomic mass is 9.57. The van der Waals surface area contributed by atoms with Crippen LogP contribution in [0.2, 0.25) is 18.1 Å². The van der Waals surface area contributed by atoms with E-state index >= 15 is 0 Å². The van der Waals surface area contributed by atoms with Crippen molar-refractivity contribution >= 4 is 20.3 Å². The van der Waals surface area contributed by atoms with Crippen molar-refractivity contribution in [3.8, 4) is 0 Å². The van der Waals surface area contributed by atoms with Crippen molar-refractivity contribution in [3.63, 3.8) is 0 Å². The third kappa shape index (κ3) is 9.70. The van der Waals surface area contributed by atoms with Gasteiger partial charge in [0.2, 0.25) is 0 Å². The number of hydrogen-bond donors (Lipinski definition) is 0. The molecule has 1 aromatic carbocycles. The smallest absolute Gasteiger partial charge is 0.311 e. The van der Waals surface area contributed by atoms with E-state index in [-0.39, 0.29) is 53.4 Å². The van der Waals surface area contributed by atoms with E-state index < -0.39 is 13.7 Å². The van der Waals surface area contributed by atoms with Crippen molar-refractivity contribution in [3.05, 3.63) is 35.9 Å². The number of rotatable bonds is 13. The van der Waals surface area contributed by atoms with Gasteiger partial charge in [-0.3, -0.25) is 9.59 Å². The molecule has 1 unspecified atom stereocenters. The number of fused-ring (bicyclic) bond motifs is 1. The van der Waals surface area contributed by atoms with Crippen LogP contribution in [0.3, 0.4) is 0 Å². The number of benzene rings is 1. The molecule has 0 N–H and O–H groups in total. The van der Waals surface area contributed by atoms with Gasteiger partial charge in [0, 0.05) is 25.4 Å². The van der Waals surface area contributed by atoms with Gasteiger partial charge in [0.25, 0.3) is 0 Å². The van der Waals surface area contributed by atoms with E-state index in [0.717, 1.165) is 56.9 Å². The van der Waals surface area contributed by atoms with Gasteiger partial charge in [-0.1, -0.05) is 71.4 Å². The Morgan fingerprint density at radius 3 is 2.36 bits per heavy atom. The molecule has 0 amide bonds. The van der Waals surface area contributed by atoms with Gasteiger partial charge in [-0.25, -0.2) is 0 Å². The second-order valence-corrected chi connectivity index (χ2v) is 21.8. The van der Waals surface area contributed by atoms with Gasteiger partial charge in [0.15, 0.2) is 14.6 Å². The molecule has 2 aliphatic carbocycles. The summed E-state index contributed by atoms with van der Waals surface area (Å²) in [4.78, 5) is 26.4. The lowest BCUT2D eigenvalue weighted by molar-refractivity contribution is -0.203. The minimum absolute atomic E-state index is 0.0825. The monoisotopic (exact) mass is 672 g/mol. The minimum atomic E-state index is -2.01. The highest BCUT2D eigenvalue weighted by atomic mass is 28.4. The average molecular weight is 673 g/mol. The summed E-state index contributed by atoms with van der Waals surface area (Å²) in [6.07, 6.45) is 6.76. The lowest BCUT2D eigenvalue weighted by Gasteiger charge is -2.51. The van der Waals surface area contributed by atoms with E-state index in [2.05, 4.69) is 52.9 Å². The molecule has 0 bridgehead atoms. The van der Waals surface area contributed by atoms with E-state index in [0.29, 0.717) is 30.8 Å². The van der Waals surface area contributed by atoms with Gasteiger partial charge < -0.3 is 23.4 Å². The Hall–Kier alpha value is -1.74. The Morgan fingerprint density at radius 1 is 1.02 bits per heavy atom. The predicted molar refractivity (Wildman–Crippen MR) is 188 cm³/mol. The molecule has 0 spiro atoms. The summed E-state index contributed by atoms with van der Waals surface area (Å²) in [5.41, 5.74) is 0.570. The zero-order valence-electron chi connectivity index (χ0n) is 31.0. The molecule has 2 saturated carbocycles. The molecule has 8 heteroatoms. The number of carbonyl (C=O) groups is 2. The molecule has 1 aliphatic heterocycles. The summed E-state index contributed by atoms with van der Waals surface area (Å²) in [6.45, 7) is 20.1. The normalized spacial score (nSPS) is 31.1. The van der Waals surface area contributed by atoms with Crippen molar-refractivity contribution in [1.29, 1.82) is 0 Å². The van der Waals surface area contributed by atoms with E-state index in [9.17, 15) is 9.59 Å². The molecule has 0 aromatic heterocycles. The average Bonchev–Trinajstić information content (AvgIpc) is 3.00. The molecule has 1 saturated heterocycles. The van der Waals surface area contributed by atoms with Crippen LogP contribution in [-0.2, 0) is 39.6 Å². The van der Waals surface area contributed by atoms with Crippen LogP contribution < -0.4 is 0 Å². The second kappa shape index (κ2) is 15.9. The van der Waals surface area contributed by atoms with E-state index in [1.54, 1.807) is 7.11 Å². The van der Waals surface area contributed by atoms with Gasteiger partial charge in [0.1, 0.15) is 12.2 Å². The molecule has 0 radical (unpaired) electrons. The van der Waals surface area contributed by atoms with Crippen molar-refractivity contribution < 1.29 is 33.0 Å². The first-order valence-electron chi connectivity index (χ1n) is 18.3. The predicted octanol–water partition coefficient (Wildman–Crippen LogP) is 9.09. The lowest BCUT2D eigenvalue weighted by Crippen LogP contribution is -2.51. The van der Waals surface area contributed by atoms with Crippen LogP contribution in [0, 0.1) is 35.0 Å². The van der Waals surface area contributed by atoms with Crippen LogP contribution in [-0.4, -0.2) is 52.0 Å². The molecular formula is C39H64O7Si. The number of esters is 2. The number of hydrogen-bond acceptors (Lipinski definition) is 7. The molecule has 4 rings (SSSR count). The molecule has 266 valence electrons. The topological polar surface area (TPSA) is 80.3 Å². The third-order valence-corrected chi connectivity index (χ3v) is 16.7. The summed E-state index contributed by atoms with van der Waals surface area (Å²) >= 11 is 0. The highest BCUT2D eigenvalue weighted by Crippen LogP contribution is 2.52. The van der Waals surface area contributed by atoms with E-state index in [1.807, 2.05) is 39.0 Å². The summed E-state index contributed by atoms with van der Waals surface area (Å²) in [5, 5.41) is 0.0857. The summed E-state index contributed by atoms with van der Waals surface area (Å²) < 4.78 is 31.5. The maximum Gasteiger partial charge on any atom is 0.311 e. The van der Waals surface area contributed by atoms with Crippen molar-refractivity contribution in [2.75, 3.05) is 7.11 Å². The molecule has 3 fully saturated rings. The first kappa shape index (κ1) is 38.1. The minimum Gasteiger partial charge on any atom is -0.462 e. The molecule has 7 nitrogen and oxygen atoms in total. The summed E-state index contributed by atoms with van der Waals surface area (Å²) in [5.74, 6) is 1.43. The van der Waals surface area contributed by atoms with Crippen LogP contribution in [0.1, 0.15) is 112 Å². The van der Waals surface area contributed by atoms with Crippen molar-refractivity contribution in [2.24, 2.45) is 35.0 Å². The number of cyclic esters (lactones) is 1. The van der Waals surface area contributed by atoms with Crippen LogP contribution in [0.4, 0.5) is 0 Å². The largest absolute Gasteiger partial charge is 0.462 e. The van der Waals surface area contributed by atoms with Gasteiger partial charge in [-0.15, -0.1) is 0 Å². The van der Waals surface area contributed by atoms with Crippen LogP contribution in [0.25, 0.3) is 0 Å². The van der Waals surface area contributed by atoms with Gasteiger partial charge >= 0.3 is 11.9 Å². The maximum absolute atomic E-state index is 13.6. The molecule has 1 heterocycles. The van der Waals surface area contributed by atoms with Gasteiger partial charge in [-0.2, -0.15) is 0 Å². The SMILES string of the molecule is CCC(C)(C)C(=O)O[C@H]1C[C@@H](C(OC)OCc2ccccc2)C[C@@H]2CC[C@H](C)[C@H](CC[C@@H]3C[C@@H](O[Si](C)(C)C(C)(C)C)CC(=O)O3)[C@H]21. The first-order valence-corrected chi connectivity index (χ1v) is 21.2. The Morgan fingerprint density at radius 2 is 1.72 bits per heavy atom. The Labute approximate surface area is 286 Å². The quantitative estimate of drug-likeness (QED) is 0.117. The zero-order valence-corrected chi connectivity index (χ0v) is 32.0. The standard InChI is InChI=1S/C39H64O7Si/c1-11-39(6,7)37(41)45-33-22-29(36(42-8)43-25-27-15-13-12-14-16-27)21-28-18-17-26(2)32(35(28)33)20-19-30-23-31(24-34(40)44-30)46-47(9,10)38(3,4)5/h12-16,26,28-33,35-36H,11,17-25H2,1-10H3/t26-,28-,29-,30+,31+,32-,33-,35-,36?/m0/s1. The zero-order chi connectivity index (χ0) is 34.6. The van der Waals surface area contributed by atoms with Gasteiger partial charge in [-0.05, 0) is 93.8 Å². The highest BCUT2D eigenvalue weighted by Gasteiger charge is 2.50. The number of methoxy groups -OCH3 is 1. The number of ether oxygens (including phenoxy) is 4. The molecule has 47 heavy (non-hydrogen) atoms. The van der Waals surface area contributed by atoms with Crippen LogP contribution >= 0.6 is 0 Å². The van der Waals surface area contributed by atoms with Crippen LogP contribution in [0.15, 0.2) is 30.3 Å². The Kier molecular flexibility index (Phi) is 12.8. The number of carbonyl (C=O) groups excluding carboxylic acids is 2. The fourth-order valence-corrected chi connectivity index (χ4v) is 9.27. The van der Waals surface area contributed by atoms with E-state index in [4.69, 9.17) is 23.4 Å². The van der Waals surface area contributed by atoms with Gasteiger partial charge in [0.05, 0.1) is 24.5 Å². The maximum atomic E-state index is 13.6. The van der Waals surface area contributed by atoms with Crippen molar-refractivity contribution in [2.45, 2.75) is 156 Å².